The van der Waals surface area contributed by atoms with E-state index in [4.69, 9.17) is 0 Å². The van der Waals surface area contributed by atoms with Gasteiger partial charge in [0.15, 0.2) is 0 Å². The molecule has 1 aliphatic rings. The van der Waals surface area contributed by atoms with Crippen LogP contribution in [0.2, 0.25) is 0 Å². The molecule has 1 atom stereocenters. The number of ether oxygens (including phenoxy) is 1. The van der Waals surface area contributed by atoms with Crippen molar-refractivity contribution in [1.29, 1.82) is 0 Å². The fourth-order valence-electron chi connectivity index (χ4n) is 3.32. The van der Waals surface area contributed by atoms with E-state index in [1.54, 1.807) is 0 Å². The molecule has 1 aliphatic carbocycles. The van der Waals surface area contributed by atoms with E-state index in [1.807, 2.05) is 12.1 Å². The summed E-state index contributed by atoms with van der Waals surface area (Å²) < 4.78 is 4.64. The molecule has 1 fully saturated rings. The second-order valence-corrected chi connectivity index (χ2v) is 6.37. The Labute approximate surface area is 133 Å². The van der Waals surface area contributed by atoms with Crippen LogP contribution in [-0.2, 0) is 16.0 Å². The molecule has 0 bridgehead atoms. The van der Waals surface area contributed by atoms with Crippen molar-refractivity contribution in [2.75, 3.05) is 7.11 Å². The largest absolute Gasteiger partial charge is 0.469 e. The zero-order chi connectivity index (χ0) is 15.8. The van der Waals surface area contributed by atoms with Crippen molar-refractivity contribution in [1.82, 2.24) is 0 Å². The highest BCUT2D eigenvalue weighted by Gasteiger charge is 2.21. The van der Waals surface area contributed by atoms with Gasteiger partial charge in [-0.2, -0.15) is 0 Å². The molecule has 122 valence electrons. The Balaban J connectivity index is 1.86. The van der Waals surface area contributed by atoms with Crippen LogP contribution in [0.25, 0.3) is 0 Å². The lowest BCUT2D eigenvalue weighted by molar-refractivity contribution is -0.140. The van der Waals surface area contributed by atoms with E-state index in [2.05, 4.69) is 16.9 Å². The van der Waals surface area contributed by atoms with Crippen LogP contribution in [0.5, 0.6) is 0 Å². The molecule has 1 aromatic rings. The van der Waals surface area contributed by atoms with Gasteiger partial charge in [0, 0.05) is 6.42 Å². The fourth-order valence-corrected chi connectivity index (χ4v) is 3.32. The second kappa shape index (κ2) is 8.94. The average Bonchev–Trinajstić information content (AvgIpc) is 2.84. The Morgan fingerprint density at radius 1 is 1.18 bits per heavy atom. The Bertz CT molecular complexity index is 444. The van der Waals surface area contributed by atoms with E-state index in [0.717, 1.165) is 31.2 Å². The molecule has 3 heteroatoms. The summed E-state index contributed by atoms with van der Waals surface area (Å²) in [4.78, 5) is 11.1. The smallest absolute Gasteiger partial charge is 0.305 e. The fraction of sp³-hybridized carbons (Fsp3) is 0.632. The molecular weight excluding hydrogens is 276 g/mol. The van der Waals surface area contributed by atoms with E-state index in [0.29, 0.717) is 12.3 Å². The van der Waals surface area contributed by atoms with E-state index in [9.17, 15) is 9.90 Å². The van der Waals surface area contributed by atoms with Crippen LogP contribution in [0.1, 0.15) is 68.6 Å². The summed E-state index contributed by atoms with van der Waals surface area (Å²) in [7, 11) is 1.42. The molecule has 0 aromatic heterocycles. The molecule has 1 saturated carbocycles. The standard InChI is InChI=1S/C19H28O3/c1-22-18(20)10-6-7-15-11-13-17(14-12-15)19(21)16-8-4-2-3-5-9-16/h11-14,16,19,21H,2-10H2,1H3. The van der Waals surface area contributed by atoms with Crippen LogP contribution < -0.4 is 0 Å². The van der Waals surface area contributed by atoms with Crippen LogP contribution in [0.3, 0.4) is 0 Å². The first-order chi connectivity index (χ1) is 10.7. The Kier molecular flexibility index (Phi) is 6.91. The van der Waals surface area contributed by atoms with Gasteiger partial charge in [-0.05, 0) is 42.7 Å². The third-order valence-electron chi connectivity index (χ3n) is 4.74. The number of rotatable bonds is 6. The number of carbonyl (C=O) groups is 1. The maximum atomic E-state index is 11.1. The van der Waals surface area contributed by atoms with Crippen LogP contribution in [0.15, 0.2) is 24.3 Å². The highest BCUT2D eigenvalue weighted by atomic mass is 16.5. The van der Waals surface area contributed by atoms with Crippen molar-refractivity contribution in [2.45, 2.75) is 63.9 Å². The number of esters is 1. The highest BCUT2D eigenvalue weighted by molar-refractivity contribution is 5.69. The normalized spacial score (nSPS) is 17.7. The van der Waals surface area contributed by atoms with E-state index < -0.39 is 0 Å². The minimum Gasteiger partial charge on any atom is -0.469 e. The van der Waals surface area contributed by atoms with Gasteiger partial charge in [-0.3, -0.25) is 4.79 Å². The Morgan fingerprint density at radius 3 is 2.41 bits per heavy atom. The molecule has 3 nitrogen and oxygen atoms in total. The number of aryl methyl sites for hydroxylation is 1. The summed E-state index contributed by atoms with van der Waals surface area (Å²) in [6, 6.07) is 8.24. The molecule has 0 radical (unpaired) electrons. The van der Waals surface area contributed by atoms with Crippen molar-refractivity contribution in [3.8, 4) is 0 Å². The minimum atomic E-state index is -0.331. The number of aliphatic hydroxyl groups excluding tert-OH is 1. The van der Waals surface area contributed by atoms with Crippen molar-refractivity contribution in [3.63, 3.8) is 0 Å². The van der Waals surface area contributed by atoms with Gasteiger partial charge in [-0.1, -0.05) is 49.9 Å². The molecule has 0 aliphatic heterocycles. The molecular formula is C19H28O3. The molecule has 1 unspecified atom stereocenters. The van der Waals surface area contributed by atoms with Gasteiger partial charge in [0.1, 0.15) is 0 Å². The monoisotopic (exact) mass is 304 g/mol. The molecule has 1 aromatic carbocycles. The molecule has 2 rings (SSSR count). The number of benzene rings is 1. The number of carbonyl (C=O) groups excluding carboxylic acids is 1. The lowest BCUT2D eigenvalue weighted by Crippen LogP contribution is -2.12. The van der Waals surface area contributed by atoms with Crippen molar-refractivity contribution >= 4 is 5.97 Å². The minimum absolute atomic E-state index is 0.152. The van der Waals surface area contributed by atoms with Crippen LogP contribution in [0.4, 0.5) is 0 Å². The first-order valence-corrected chi connectivity index (χ1v) is 8.54. The zero-order valence-electron chi connectivity index (χ0n) is 13.6. The average molecular weight is 304 g/mol. The molecule has 1 N–H and O–H groups in total. The number of hydrogen-bond acceptors (Lipinski definition) is 3. The third-order valence-corrected chi connectivity index (χ3v) is 4.74. The summed E-state index contributed by atoms with van der Waals surface area (Å²) in [5, 5.41) is 10.6. The number of methoxy groups -OCH3 is 1. The van der Waals surface area contributed by atoms with Gasteiger partial charge in [0.25, 0.3) is 0 Å². The predicted molar refractivity (Wildman–Crippen MR) is 87.5 cm³/mol. The Morgan fingerprint density at radius 2 is 1.82 bits per heavy atom. The Hall–Kier alpha value is -1.35. The maximum absolute atomic E-state index is 11.1. The van der Waals surface area contributed by atoms with Crippen molar-refractivity contribution < 1.29 is 14.6 Å². The lowest BCUT2D eigenvalue weighted by Gasteiger charge is -2.21. The SMILES string of the molecule is COC(=O)CCCc1ccc(C(O)C2CCCCCC2)cc1. The van der Waals surface area contributed by atoms with Gasteiger partial charge >= 0.3 is 5.97 Å². The van der Waals surface area contributed by atoms with Crippen LogP contribution in [0, 0.1) is 5.92 Å². The van der Waals surface area contributed by atoms with Gasteiger partial charge in [-0.15, -0.1) is 0 Å². The molecule has 0 spiro atoms. The van der Waals surface area contributed by atoms with Crippen molar-refractivity contribution in [3.05, 3.63) is 35.4 Å². The molecule has 0 amide bonds. The maximum Gasteiger partial charge on any atom is 0.305 e. The number of aliphatic hydroxyl groups is 1. The topological polar surface area (TPSA) is 46.5 Å². The van der Waals surface area contributed by atoms with E-state index >= 15 is 0 Å². The zero-order valence-corrected chi connectivity index (χ0v) is 13.6. The first kappa shape index (κ1) is 17.0. The quantitative estimate of drug-likeness (QED) is 0.633. The van der Waals surface area contributed by atoms with Crippen LogP contribution in [-0.4, -0.2) is 18.2 Å². The van der Waals surface area contributed by atoms with Gasteiger partial charge in [-0.25, -0.2) is 0 Å². The summed E-state index contributed by atoms with van der Waals surface area (Å²) in [5.74, 6) is 0.257. The summed E-state index contributed by atoms with van der Waals surface area (Å²) in [6.45, 7) is 0. The number of hydrogen-bond donors (Lipinski definition) is 1. The van der Waals surface area contributed by atoms with Crippen LogP contribution >= 0.6 is 0 Å². The lowest BCUT2D eigenvalue weighted by atomic mass is 9.89. The highest BCUT2D eigenvalue weighted by Crippen LogP contribution is 2.33. The van der Waals surface area contributed by atoms with Gasteiger partial charge in [0.2, 0.25) is 0 Å². The molecule has 0 heterocycles. The summed E-state index contributed by atoms with van der Waals surface area (Å²) >= 11 is 0. The van der Waals surface area contributed by atoms with Gasteiger partial charge < -0.3 is 9.84 Å². The van der Waals surface area contributed by atoms with Crippen molar-refractivity contribution in [2.24, 2.45) is 5.92 Å². The van der Waals surface area contributed by atoms with Gasteiger partial charge in [0.05, 0.1) is 13.2 Å². The third kappa shape index (κ3) is 5.13. The summed E-state index contributed by atoms with van der Waals surface area (Å²) in [6.07, 6.45) is 9.19. The molecule has 22 heavy (non-hydrogen) atoms. The molecule has 0 saturated heterocycles. The second-order valence-electron chi connectivity index (χ2n) is 6.37. The summed E-state index contributed by atoms with van der Waals surface area (Å²) in [5.41, 5.74) is 2.24. The van der Waals surface area contributed by atoms with E-state index in [-0.39, 0.29) is 12.1 Å². The first-order valence-electron chi connectivity index (χ1n) is 8.54. The van der Waals surface area contributed by atoms with E-state index in [1.165, 1.54) is 38.4 Å². The predicted octanol–water partition coefficient (Wildman–Crippen LogP) is 4.19.